The molecular formula is C6H14N2. The predicted molar refractivity (Wildman–Crippen MR) is 35.1 cm³/mol. The third-order valence-electron chi connectivity index (χ3n) is 0.686. The van der Waals surface area contributed by atoms with Gasteiger partial charge in [0.2, 0.25) is 0 Å². The van der Waals surface area contributed by atoms with Gasteiger partial charge in [0.25, 0.3) is 0 Å². The molecule has 0 spiro atoms. The minimum absolute atomic E-state index is 0.291. The predicted octanol–water partition coefficient (Wildman–Crippen LogP) is 2.11. The van der Waals surface area contributed by atoms with Crippen LogP contribution in [0.4, 0.5) is 0 Å². The lowest BCUT2D eigenvalue weighted by Gasteiger charge is -2.12. The molecule has 8 heavy (non-hydrogen) atoms. The summed E-state index contributed by atoms with van der Waals surface area (Å²) in [7, 11) is 1.70. The number of azo groups is 1. The van der Waals surface area contributed by atoms with E-state index in [4.69, 9.17) is 0 Å². The molecule has 0 aliphatic heterocycles. The molecule has 0 aromatic heterocycles. The first kappa shape index (κ1) is 7.60. The van der Waals surface area contributed by atoms with Crippen LogP contribution in [-0.2, 0) is 0 Å². The van der Waals surface area contributed by atoms with Crippen molar-refractivity contribution in [2.75, 3.05) is 13.6 Å². The van der Waals surface area contributed by atoms with E-state index in [1.165, 1.54) is 0 Å². The Bertz CT molecular complexity index is 79.0. The molecule has 0 amide bonds. The third kappa shape index (κ3) is 5.60. The lowest BCUT2D eigenvalue weighted by Crippen LogP contribution is -2.08. The van der Waals surface area contributed by atoms with Crippen LogP contribution >= 0.6 is 0 Å². The van der Waals surface area contributed by atoms with E-state index in [0.29, 0.717) is 5.41 Å². The van der Waals surface area contributed by atoms with Crippen molar-refractivity contribution >= 4 is 0 Å². The second-order valence-electron chi connectivity index (χ2n) is 3.06. The zero-order chi connectivity index (χ0) is 6.62. The first-order valence-electron chi connectivity index (χ1n) is 2.82. The fourth-order valence-electron chi connectivity index (χ4n) is 0.283. The van der Waals surface area contributed by atoms with Gasteiger partial charge < -0.3 is 0 Å². The van der Waals surface area contributed by atoms with Gasteiger partial charge in [0.15, 0.2) is 0 Å². The highest BCUT2D eigenvalue weighted by Gasteiger charge is 2.07. The maximum absolute atomic E-state index is 3.87. The zero-order valence-corrected chi connectivity index (χ0v) is 6.10. The first-order chi connectivity index (χ1) is 3.56. The van der Waals surface area contributed by atoms with Crippen molar-refractivity contribution in [1.29, 1.82) is 0 Å². The molecule has 0 aromatic carbocycles. The van der Waals surface area contributed by atoms with E-state index >= 15 is 0 Å². The van der Waals surface area contributed by atoms with Crippen LogP contribution in [0.25, 0.3) is 0 Å². The van der Waals surface area contributed by atoms with Crippen molar-refractivity contribution in [1.82, 2.24) is 0 Å². The van der Waals surface area contributed by atoms with Crippen LogP contribution in [0, 0.1) is 5.41 Å². The van der Waals surface area contributed by atoms with Crippen molar-refractivity contribution in [2.24, 2.45) is 15.6 Å². The maximum Gasteiger partial charge on any atom is 0.0647 e. The summed E-state index contributed by atoms with van der Waals surface area (Å²) in [6.07, 6.45) is 0. The van der Waals surface area contributed by atoms with Gasteiger partial charge in [-0.05, 0) is 5.41 Å². The largest absolute Gasteiger partial charge is 0.198 e. The summed E-state index contributed by atoms with van der Waals surface area (Å²) in [6, 6.07) is 0. The molecule has 0 unspecified atom stereocenters. The van der Waals surface area contributed by atoms with E-state index < -0.39 is 0 Å². The van der Waals surface area contributed by atoms with Crippen molar-refractivity contribution in [3.05, 3.63) is 0 Å². The minimum Gasteiger partial charge on any atom is -0.198 e. The fourth-order valence-corrected chi connectivity index (χ4v) is 0.283. The van der Waals surface area contributed by atoms with Crippen molar-refractivity contribution < 1.29 is 0 Å². The van der Waals surface area contributed by atoms with Crippen LogP contribution in [-0.4, -0.2) is 13.6 Å². The van der Waals surface area contributed by atoms with Crippen LogP contribution in [0.3, 0.4) is 0 Å². The summed E-state index contributed by atoms with van der Waals surface area (Å²) in [5.41, 5.74) is 0.291. The van der Waals surface area contributed by atoms with Crippen molar-refractivity contribution in [2.45, 2.75) is 20.8 Å². The Morgan fingerprint density at radius 1 is 1.25 bits per heavy atom. The highest BCUT2D eigenvalue weighted by molar-refractivity contribution is 4.61. The Hall–Kier alpha value is -0.400. The lowest BCUT2D eigenvalue weighted by atomic mass is 9.98. The summed E-state index contributed by atoms with van der Waals surface area (Å²) < 4.78 is 0. The Morgan fingerprint density at radius 3 is 1.88 bits per heavy atom. The van der Waals surface area contributed by atoms with Gasteiger partial charge in [-0.2, -0.15) is 10.2 Å². The maximum atomic E-state index is 3.87. The van der Waals surface area contributed by atoms with E-state index in [2.05, 4.69) is 31.0 Å². The molecule has 0 atom stereocenters. The molecule has 0 heterocycles. The summed E-state index contributed by atoms with van der Waals surface area (Å²) in [6.45, 7) is 7.24. The van der Waals surface area contributed by atoms with Gasteiger partial charge >= 0.3 is 0 Å². The molecule has 0 radical (unpaired) electrons. The van der Waals surface area contributed by atoms with E-state index in [1.807, 2.05) is 0 Å². The molecule has 0 bridgehead atoms. The number of hydrogen-bond donors (Lipinski definition) is 0. The summed E-state index contributed by atoms with van der Waals surface area (Å²) >= 11 is 0. The highest BCUT2D eigenvalue weighted by atomic mass is 15.1. The molecule has 0 saturated heterocycles. The summed E-state index contributed by atoms with van der Waals surface area (Å²) in [4.78, 5) is 0. The first-order valence-corrected chi connectivity index (χ1v) is 2.82. The average molecular weight is 114 g/mol. The monoisotopic (exact) mass is 114 g/mol. The molecule has 48 valence electrons. The smallest absolute Gasteiger partial charge is 0.0647 e. The van der Waals surface area contributed by atoms with E-state index in [0.717, 1.165) is 6.54 Å². The third-order valence-corrected chi connectivity index (χ3v) is 0.686. The molecule has 0 aliphatic rings. The number of hydrogen-bond acceptors (Lipinski definition) is 2. The highest BCUT2D eigenvalue weighted by Crippen LogP contribution is 2.12. The molecule has 0 N–H and O–H groups in total. The lowest BCUT2D eigenvalue weighted by molar-refractivity contribution is 0.421. The average Bonchev–Trinajstić information content (AvgIpc) is 1.59. The zero-order valence-electron chi connectivity index (χ0n) is 6.10. The molecule has 0 saturated carbocycles. The SMILES string of the molecule is CN=NCC(C)(C)C. The molecular weight excluding hydrogens is 100 g/mol. The Kier molecular flexibility index (Phi) is 2.66. The van der Waals surface area contributed by atoms with Gasteiger partial charge in [-0.25, -0.2) is 0 Å². The van der Waals surface area contributed by atoms with Gasteiger partial charge in [-0.1, -0.05) is 20.8 Å². The van der Waals surface area contributed by atoms with Gasteiger partial charge in [0, 0.05) is 7.05 Å². The number of nitrogens with zero attached hydrogens (tertiary/aromatic N) is 2. The topological polar surface area (TPSA) is 24.7 Å². The quantitative estimate of drug-likeness (QED) is 0.466. The van der Waals surface area contributed by atoms with E-state index in [9.17, 15) is 0 Å². The molecule has 2 nitrogen and oxygen atoms in total. The minimum atomic E-state index is 0.291. The second-order valence-corrected chi connectivity index (χ2v) is 3.06. The molecule has 0 rings (SSSR count). The van der Waals surface area contributed by atoms with E-state index in [1.54, 1.807) is 7.05 Å². The van der Waals surface area contributed by atoms with Crippen LogP contribution < -0.4 is 0 Å². The summed E-state index contributed by atoms with van der Waals surface area (Å²) in [5, 5.41) is 7.51. The number of rotatable bonds is 1. The van der Waals surface area contributed by atoms with Gasteiger partial charge in [-0.3, -0.25) is 0 Å². The van der Waals surface area contributed by atoms with Crippen molar-refractivity contribution in [3.63, 3.8) is 0 Å². The fraction of sp³-hybridized carbons (Fsp3) is 1.00. The van der Waals surface area contributed by atoms with Gasteiger partial charge in [-0.15, -0.1) is 0 Å². The molecule has 0 fully saturated rings. The van der Waals surface area contributed by atoms with Crippen LogP contribution in [0.5, 0.6) is 0 Å². The standard InChI is InChI=1S/C6H14N2/c1-6(2,3)5-8-7-4/h5H2,1-4H3. The van der Waals surface area contributed by atoms with Gasteiger partial charge in [0.1, 0.15) is 0 Å². The molecule has 0 aromatic rings. The summed E-state index contributed by atoms with van der Waals surface area (Å²) in [5.74, 6) is 0. The Balaban J connectivity index is 3.39. The van der Waals surface area contributed by atoms with Crippen molar-refractivity contribution in [3.8, 4) is 0 Å². The second kappa shape index (κ2) is 2.80. The van der Waals surface area contributed by atoms with Crippen LogP contribution in [0.2, 0.25) is 0 Å². The van der Waals surface area contributed by atoms with Gasteiger partial charge in [0.05, 0.1) is 6.54 Å². The van der Waals surface area contributed by atoms with E-state index in [-0.39, 0.29) is 0 Å². The normalized spacial score (nSPS) is 13.0. The molecule has 0 aliphatic carbocycles. The Labute approximate surface area is 51.0 Å². The van der Waals surface area contributed by atoms with Crippen LogP contribution in [0.15, 0.2) is 10.2 Å². The van der Waals surface area contributed by atoms with Crippen LogP contribution in [0.1, 0.15) is 20.8 Å². The Morgan fingerprint density at radius 2 is 1.75 bits per heavy atom. The molecule has 2 heteroatoms.